The molecule has 1 fully saturated rings. The quantitative estimate of drug-likeness (QED) is 0.809. The van der Waals surface area contributed by atoms with Crippen LogP contribution in [-0.2, 0) is 4.79 Å². The molecule has 0 saturated carbocycles. The monoisotopic (exact) mass is 256 g/mol. The fourth-order valence-electron chi connectivity index (χ4n) is 2.32. The maximum Gasteiger partial charge on any atom is 0.326 e. The molecule has 5 heteroatoms. The minimum Gasteiger partial charge on any atom is -0.480 e. The molecule has 1 heterocycles. The first-order valence-corrected chi connectivity index (χ1v) is 6.71. The van der Waals surface area contributed by atoms with Gasteiger partial charge in [0, 0.05) is 12.6 Å². The van der Waals surface area contributed by atoms with Crippen molar-refractivity contribution in [3.63, 3.8) is 0 Å². The summed E-state index contributed by atoms with van der Waals surface area (Å²) in [5.41, 5.74) is 0. The van der Waals surface area contributed by atoms with Crippen LogP contribution in [0.2, 0.25) is 0 Å². The molecule has 104 valence electrons. The molecule has 2 N–H and O–H groups in total. The Morgan fingerprint density at radius 3 is 2.56 bits per heavy atom. The number of rotatable bonds is 4. The first-order valence-electron chi connectivity index (χ1n) is 6.71. The van der Waals surface area contributed by atoms with Gasteiger partial charge in [-0.1, -0.05) is 13.8 Å². The van der Waals surface area contributed by atoms with E-state index >= 15 is 0 Å². The van der Waals surface area contributed by atoms with E-state index in [-0.39, 0.29) is 18.0 Å². The van der Waals surface area contributed by atoms with Gasteiger partial charge in [0.25, 0.3) is 0 Å². The highest BCUT2D eigenvalue weighted by molar-refractivity contribution is 5.82. The lowest BCUT2D eigenvalue weighted by atomic mass is 10.0. The van der Waals surface area contributed by atoms with Gasteiger partial charge in [0.05, 0.1) is 0 Å². The van der Waals surface area contributed by atoms with Gasteiger partial charge < -0.3 is 15.3 Å². The minimum atomic E-state index is -0.957. The van der Waals surface area contributed by atoms with E-state index in [1.54, 1.807) is 4.90 Å². The van der Waals surface area contributed by atoms with Gasteiger partial charge in [-0.05, 0) is 38.5 Å². The molecule has 1 aliphatic heterocycles. The van der Waals surface area contributed by atoms with E-state index in [1.807, 2.05) is 20.8 Å². The molecule has 1 aliphatic rings. The molecule has 0 aromatic heterocycles. The van der Waals surface area contributed by atoms with E-state index < -0.39 is 12.0 Å². The smallest absolute Gasteiger partial charge is 0.326 e. The Labute approximate surface area is 109 Å². The largest absolute Gasteiger partial charge is 0.480 e. The van der Waals surface area contributed by atoms with Gasteiger partial charge >= 0.3 is 12.0 Å². The summed E-state index contributed by atoms with van der Waals surface area (Å²) in [7, 11) is 0. The van der Waals surface area contributed by atoms with Crippen molar-refractivity contribution in [3.05, 3.63) is 0 Å². The van der Waals surface area contributed by atoms with Crippen LogP contribution in [0.3, 0.4) is 0 Å². The highest BCUT2D eigenvalue weighted by Crippen LogP contribution is 2.16. The van der Waals surface area contributed by atoms with Crippen molar-refractivity contribution in [2.45, 2.75) is 58.5 Å². The number of carbonyl (C=O) groups excluding carboxylic acids is 1. The lowest BCUT2D eigenvalue weighted by molar-refractivity contribution is -0.139. The summed E-state index contributed by atoms with van der Waals surface area (Å²) in [6.07, 6.45) is 3.59. The van der Waals surface area contributed by atoms with Gasteiger partial charge in [0.1, 0.15) is 6.04 Å². The second kappa shape index (κ2) is 6.61. The lowest BCUT2D eigenvalue weighted by Crippen LogP contribution is -2.52. The number of aliphatic carboxylic acids is 1. The van der Waals surface area contributed by atoms with Crippen LogP contribution < -0.4 is 5.32 Å². The van der Waals surface area contributed by atoms with Gasteiger partial charge in [-0.2, -0.15) is 0 Å². The Hall–Kier alpha value is -1.26. The van der Waals surface area contributed by atoms with Crippen molar-refractivity contribution in [2.24, 2.45) is 5.92 Å². The summed E-state index contributed by atoms with van der Waals surface area (Å²) in [5.74, 6) is -0.716. The van der Waals surface area contributed by atoms with E-state index in [0.717, 1.165) is 25.8 Å². The van der Waals surface area contributed by atoms with Gasteiger partial charge in [0.2, 0.25) is 0 Å². The minimum absolute atomic E-state index is 0.201. The molecular weight excluding hydrogens is 232 g/mol. The molecule has 0 aliphatic carbocycles. The molecule has 0 unspecified atom stereocenters. The molecule has 2 amide bonds. The number of nitrogens with zero attached hydrogens (tertiary/aromatic N) is 1. The standard InChI is InChI=1S/C13H24N2O3/c1-9(2)8-11(12(16)17)14-13(18)15-7-5-4-6-10(15)3/h9-11H,4-8H2,1-3H3,(H,14,18)(H,16,17)/t10-,11+/m1/s1. The number of likely N-dealkylation sites (tertiary alicyclic amines) is 1. The zero-order valence-corrected chi connectivity index (χ0v) is 11.5. The highest BCUT2D eigenvalue weighted by atomic mass is 16.4. The highest BCUT2D eigenvalue weighted by Gasteiger charge is 2.27. The van der Waals surface area contributed by atoms with Crippen LogP contribution in [-0.4, -0.2) is 40.6 Å². The fourth-order valence-corrected chi connectivity index (χ4v) is 2.32. The second-order valence-corrected chi connectivity index (χ2v) is 5.51. The van der Waals surface area contributed by atoms with E-state index in [1.165, 1.54) is 0 Å². The third-order valence-electron chi connectivity index (χ3n) is 3.37. The number of amides is 2. The van der Waals surface area contributed by atoms with Crippen LogP contribution in [0.25, 0.3) is 0 Å². The molecule has 1 rings (SSSR count). The maximum atomic E-state index is 12.1. The average molecular weight is 256 g/mol. The van der Waals surface area contributed by atoms with E-state index in [4.69, 9.17) is 5.11 Å². The number of carboxylic acids is 1. The fraction of sp³-hybridized carbons (Fsp3) is 0.846. The summed E-state index contributed by atoms with van der Waals surface area (Å²) in [4.78, 5) is 24.9. The number of urea groups is 1. The molecule has 0 aromatic carbocycles. The first-order chi connectivity index (χ1) is 8.41. The van der Waals surface area contributed by atoms with Crippen molar-refractivity contribution >= 4 is 12.0 Å². The van der Waals surface area contributed by atoms with Gasteiger partial charge in [0.15, 0.2) is 0 Å². The molecule has 18 heavy (non-hydrogen) atoms. The third-order valence-corrected chi connectivity index (χ3v) is 3.37. The molecule has 2 atom stereocenters. The maximum absolute atomic E-state index is 12.1. The Bertz CT molecular complexity index is 305. The lowest BCUT2D eigenvalue weighted by Gasteiger charge is -2.34. The number of carboxylic acid groups (broad SMARTS) is 1. The Morgan fingerprint density at radius 2 is 2.06 bits per heavy atom. The van der Waals surface area contributed by atoms with Crippen LogP contribution in [0.5, 0.6) is 0 Å². The van der Waals surface area contributed by atoms with Crippen molar-refractivity contribution < 1.29 is 14.7 Å². The van der Waals surface area contributed by atoms with Gasteiger partial charge in [-0.25, -0.2) is 9.59 Å². The Balaban J connectivity index is 2.57. The SMILES string of the molecule is CC(C)C[C@H](NC(=O)N1CCCC[C@H]1C)C(=O)O. The number of hydrogen-bond donors (Lipinski definition) is 2. The predicted molar refractivity (Wildman–Crippen MR) is 69.4 cm³/mol. The zero-order valence-electron chi connectivity index (χ0n) is 11.5. The molecule has 0 radical (unpaired) electrons. The zero-order chi connectivity index (χ0) is 13.7. The van der Waals surface area contributed by atoms with Crippen molar-refractivity contribution in [3.8, 4) is 0 Å². The molecule has 0 bridgehead atoms. The summed E-state index contributed by atoms with van der Waals surface area (Å²) in [6, 6.07) is -0.825. The summed E-state index contributed by atoms with van der Waals surface area (Å²) >= 11 is 0. The molecule has 0 aromatic rings. The number of hydrogen-bond acceptors (Lipinski definition) is 2. The Kier molecular flexibility index (Phi) is 5.44. The van der Waals surface area contributed by atoms with Crippen LogP contribution in [0.1, 0.15) is 46.5 Å². The third kappa shape index (κ3) is 4.20. The molecule has 0 spiro atoms. The number of nitrogens with one attached hydrogen (secondary N) is 1. The van der Waals surface area contributed by atoms with Crippen LogP contribution >= 0.6 is 0 Å². The van der Waals surface area contributed by atoms with Gasteiger partial charge in [-0.3, -0.25) is 0 Å². The average Bonchev–Trinajstić information content (AvgIpc) is 2.27. The number of carbonyl (C=O) groups is 2. The van der Waals surface area contributed by atoms with Crippen LogP contribution in [0.15, 0.2) is 0 Å². The van der Waals surface area contributed by atoms with E-state index in [0.29, 0.717) is 6.42 Å². The Morgan fingerprint density at radius 1 is 1.39 bits per heavy atom. The molecule has 5 nitrogen and oxygen atoms in total. The topological polar surface area (TPSA) is 69.6 Å². The number of piperidine rings is 1. The first kappa shape index (κ1) is 14.8. The van der Waals surface area contributed by atoms with Crippen molar-refractivity contribution in [1.29, 1.82) is 0 Å². The summed E-state index contributed by atoms with van der Waals surface area (Å²) in [6.45, 7) is 6.63. The van der Waals surface area contributed by atoms with Crippen LogP contribution in [0.4, 0.5) is 4.79 Å². The van der Waals surface area contributed by atoms with E-state index in [9.17, 15) is 9.59 Å². The predicted octanol–water partition coefficient (Wildman–Crippen LogP) is 2.07. The second-order valence-electron chi connectivity index (χ2n) is 5.51. The normalized spacial score (nSPS) is 21.8. The van der Waals surface area contributed by atoms with Crippen LogP contribution in [0, 0.1) is 5.92 Å². The molecular formula is C13H24N2O3. The summed E-state index contributed by atoms with van der Waals surface area (Å²) < 4.78 is 0. The van der Waals surface area contributed by atoms with Crippen molar-refractivity contribution in [2.75, 3.05) is 6.54 Å². The molecule has 1 saturated heterocycles. The van der Waals surface area contributed by atoms with Crippen molar-refractivity contribution in [1.82, 2.24) is 10.2 Å². The van der Waals surface area contributed by atoms with Gasteiger partial charge in [-0.15, -0.1) is 0 Å². The summed E-state index contributed by atoms with van der Waals surface area (Å²) in [5, 5.41) is 11.7. The van der Waals surface area contributed by atoms with E-state index in [2.05, 4.69) is 5.32 Å².